The van der Waals surface area contributed by atoms with E-state index >= 15 is 0 Å². The van der Waals surface area contributed by atoms with Crippen LogP contribution in [0.5, 0.6) is 0 Å². The van der Waals surface area contributed by atoms with Crippen LogP contribution in [0.25, 0.3) is 0 Å². The molecule has 0 saturated heterocycles. The smallest absolute Gasteiger partial charge is 0.453 e. The fourth-order valence-electron chi connectivity index (χ4n) is 5.77. The number of hydrogen-bond acceptors (Lipinski definition) is 7. The Labute approximate surface area is 235 Å². The minimum absolute atomic E-state index is 0.210. The first-order valence-electron chi connectivity index (χ1n) is 15.6. The minimum Gasteiger partial charge on any atom is -0.453 e. The maximum atomic E-state index is 12.2. The second kappa shape index (κ2) is 20.7. The van der Waals surface area contributed by atoms with Gasteiger partial charge in [0.1, 0.15) is 0 Å². The number of rotatable bonds is 17. The molecule has 0 aromatic rings. The summed E-state index contributed by atoms with van der Waals surface area (Å²) in [7, 11) is 1.41. The summed E-state index contributed by atoms with van der Waals surface area (Å²) in [5, 5.41) is 5.97. The highest BCUT2D eigenvalue weighted by molar-refractivity contribution is 5.67. The lowest BCUT2D eigenvalue weighted by Crippen LogP contribution is -2.39. The molecule has 0 bridgehead atoms. The van der Waals surface area contributed by atoms with Crippen LogP contribution in [0.15, 0.2) is 0 Å². The van der Waals surface area contributed by atoms with Crippen molar-refractivity contribution in [3.8, 4) is 0 Å². The molecule has 226 valence electrons. The predicted octanol–water partition coefficient (Wildman–Crippen LogP) is 7.26. The fraction of sp³-hybridized carbons (Fsp3) is 0.900. The number of nitrogens with one attached hydrogen (secondary N) is 2. The van der Waals surface area contributed by atoms with Crippen LogP contribution in [-0.4, -0.2) is 57.4 Å². The lowest BCUT2D eigenvalue weighted by atomic mass is 9.76. The van der Waals surface area contributed by atoms with Crippen LogP contribution in [-0.2, 0) is 18.9 Å². The molecule has 2 rings (SSSR count). The van der Waals surface area contributed by atoms with Crippen molar-refractivity contribution in [2.75, 3.05) is 26.9 Å². The summed E-state index contributed by atoms with van der Waals surface area (Å²) in [6, 6.07) is 0.459. The normalized spacial score (nSPS) is 22.9. The second-order valence-corrected chi connectivity index (χ2v) is 11.4. The highest BCUT2D eigenvalue weighted by atomic mass is 16.7. The first-order chi connectivity index (χ1) is 19.0. The number of unbranched alkanes of at least 4 members (excludes halogenated alkanes) is 7. The van der Waals surface area contributed by atoms with E-state index in [0.29, 0.717) is 19.8 Å². The van der Waals surface area contributed by atoms with Crippen molar-refractivity contribution in [2.45, 2.75) is 135 Å². The van der Waals surface area contributed by atoms with Gasteiger partial charge in [0.2, 0.25) is 0 Å². The molecule has 2 aliphatic rings. The number of carbonyl (C=O) groups excluding carboxylic acids is 3. The van der Waals surface area contributed by atoms with Crippen molar-refractivity contribution in [2.24, 2.45) is 11.8 Å². The number of amides is 2. The Kier molecular flexibility index (Phi) is 17.5. The molecule has 0 aliphatic heterocycles. The Bertz CT molecular complexity index is 674. The Balaban J connectivity index is 1.39. The SMILES string of the molecule is CCCCCCCOC(=O)OCCCCCCOC(=O)NC1CCC(CC2CCC(NC(=O)OC)CC2)CC1. The maximum absolute atomic E-state index is 12.2. The highest BCUT2D eigenvalue weighted by Crippen LogP contribution is 2.35. The first-order valence-corrected chi connectivity index (χ1v) is 15.6. The van der Waals surface area contributed by atoms with Crippen molar-refractivity contribution in [3.05, 3.63) is 0 Å². The highest BCUT2D eigenvalue weighted by Gasteiger charge is 2.28. The largest absolute Gasteiger partial charge is 0.508 e. The Hall–Kier alpha value is -2.19. The summed E-state index contributed by atoms with van der Waals surface area (Å²) < 4.78 is 20.2. The average Bonchev–Trinajstić information content (AvgIpc) is 2.94. The van der Waals surface area contributed by atoms with Gasteiger partial charge >= 0.3 is 18.3 Å². The van der Waals surface area contributed by atoms with Gasteiger partial charge in [-0.2, -0.15) is 0 Å². The molecule has 9 heteroatoms. The number of ether oxygens (including phenoxy) is 4. The van der Waals surface area contributed by atoms with Gasteiger partial charge in [0, 0.05) is 12.1 Å². The monoisotopic (exact) mass is 554 g/mol. The molecule has 9 nitrogen and oxygen atoms in total. The molecule has 0 aromatic carbocycles. The van der Waals surface area contributed by atoms with Gasteiger partial charge in [-0.3, -0.25) is 0 Å². The van der Waals surface area contributed by atoms with Crippen LogP contribution < -0.4 is 10.6 Å². The van der Waals surface area contributed by atoms with Crippen LogP contribution in [0.1, 0.15) is 122 Å². The molecule has 0 aromatic heterocycles. The summed E-state index contributed by atoms with van der Waals surface area (Å²) in [6.07, 6.45) is 17.8. The van der Waals surface area contributed by atoms with E-state index in [4.69, 9.17) is 18.9 Å². The number of alkyl carbamates (subject to hydrolysis) is 2. The minimum atomic E-state index is -0.573. The zero-order chi connectivity index (χ0) is 28.1. The Morgan fingerprint density at radius 1 is 0.590 bits per heavy atom. The second-order valence-electron chi connectivity index (χ2n) is 11.4. The van der Waals surface area contributed by atoms with Crippen molar-refractivity contribution in [1.82, 2.24) is 10.6 Å². The first kappa shape index (κ1) is 33.0. The van der Waals surface area contributed by atoms with E-state index in [9.17, 15) is 14.4 Å². The molecule has 0 radical (unpaired) electrons. The quantitative estimate of drug-likeness (QED) is 0.110. The average molecular weight is 555 g/mol. The van der Waals surface area contributed by atoms with Gasteiger partial charge in [-0.1, -0.05) is 32.6 Å². The molecular weight excluding hydrogens is 500 g/mol. The molecule has 0 heterocycles. The number of hydrogen-bond donors (Lipinski definition) is 2. The van der Waals surface area contributed by atoms with E-state index in [0.717, 1.165) is 102 Å². The topological polar surface area (TPSA) is 112 Å². The lowest BCUT2D eigenvalue weighted by Gasteiger charge is -2.34. The summed E-state index contributed by atoms with van der Waals surface area (Å²) in [4.78, 5) is 35.1. The third-order valence-corrected chi connectivity index (χ3v) is 8.15. The molecule has 0 unspecified atom stereocenters. The van der Waals surface area contributed by atoms with E-state index in [1.807, 2.05) is 0 Å². The zero-order valence-corrected chi connectivity index (χ0v) is 24.5. The summed E-state index contributed by atoms with van der Waals surface area (Å²) >= 11 is 0. The molecule has 2 aliphatic carbocycles. The van der Waals surface area contributed by atoms with Crippen molar-refractivity contribution in [3.63, 3.8) is 0 Å². The number of carbonyl (C=O) groups is 3. The van der Waals surface area contributed by atoms with Gasteiger partial charge in [0.05, 0.1) is 26.9 Å². The third kappa shape index (κ3) is 15.9. The standard InChI is InChI=1S/C30H54N2O7/c1-3-4-5-6-10-21-38-30(35)39-22-11-8-7-9-20-37-29(34)32-27-18-14-25(15-19-27)23-24-12-16-26(17-13-24)31-28(33)36-2/h24-27H,3-23H2,1-2H3,(H,31,33)(H,32,34). The molecule has 0 atom stereocenters. The zero-order valence-electron chi connectivity index (χ0n) is 24.5. The van der Waals surface area contributed by atoms with Crippen molar-refractivity contribution < 1.29 is 33.3 Å². The Morgan fingerprint density at radius 2 is 1.03 bits per heavy atom. The number of methoxy groups -OCH3 is 1. The van der Waals surface area contributed by atoms with Gasteiger partial charge in [-0.05, 0) is 102 Å². The fourth-order valence-corrected chi connectivity index (χ4v) is 5.77. The van der Waals surface area contributed by atoms with Crippen LogP contribution in [0.2, 0.25) is 0 Å². The lowest BCUT2D eigenvalue weighted by molar-refractivity contribution is 0.0527. The summed E-state index contributed by atoms with van der Waals surface area (Å²) in [5.41, 5.74) is 0. The molecule has 2 fully saturated rings. The van der Waals surface area contributed by atoms with E-state index in [1.165, 1.54) is 32.8 Å². The van der Waals surface area contributed by atoms with E-state index in [-0.39, 0.29) is 24.3 Å². The van der Waals surface area contributed by atoms with E-state index < -0.39 is 6.16 Å². The molecule has 39 heavy (non-hydrogen) atoms. The van der Waals surface area contributed by atoms with Crippen LogP contribution in [0.3, 0.4) is 0 Å². The molecule has 0 spiro atoms. The van der Waals surface area contributed by atoms with Gasteiger partial charge < -0.3 is 29.6 Å². The van der Waals surface area contributed by atoms with Crippen LogP contribution in [0, 0.1) is 11.8 Å². The van der Waals surface area contributed by atoms with Gasteiger partial charge in [-0.15, -0.1) is 0 Å². The predicted molar refractivity (Wildman–Crippen MR) is 151 cm³/mol. The third-order valence-electron chi connectivity index (χ3n) is 8.15. The van der Waals surface area contributed by atoms with E-state index in [1.54, 1.807) is 0 Å². The van der Waals surface area contributed by atoms with Crippen LogP contribution >= 0.6 is 0 Å². The van der Waals surface area contributed by atoms with Crippen molar-refractivity contribution in [1.29, 1.82) is 0 Å². The van der Waals surface area contributed by atoms with Crippen LogP contribution in [0.4, 0.5) is 14.4 Å². The van der Waals surface area contributed by atoms with Gasteiger partial charge in [0.15, 0.2) is 0 Å². The molecule has 2 N–H and O–H groups in total. The van der Waals surface area contributed by atoms with Gasteiger partial charge in [0.25, 0.3) is 0 Å². The summed E-state index contributed by atoms with van der Waals surface area (Å²) in [6.45, 7) is 3.39. The van der Waals surface area contributed by atoms with Gasteiger partial charge in [-0.25, -0.2) is 14.4 Å². The maximum Gasteiger partial charge on any atom is 0.508 e. The molecule has 2 amide bonds. The van der Waals surface area contributed by atoms with E-state index in [2.05, 4.69) is 17.6 Å². The van der Waals surface area contributed by atoms with Crippen molar-refractivity contribution >= 4 is 18.3 Å². The summed E-state index contributed by atoms with van der Waals surface area (Å²) in [5.74, 6) is 1.47. The Morgan fingerprint density at radius 3 is 1.49 bits per heavy atom. The molecule has 2 saturated carbocycles. The molecular formula is C30H54N2O7.